The summed E-state index contributed by atoms with van der Waals surface area (Å²) in [4.78, 5) is 24.5. The van der Waals surface area contributed by atoms with Gasteiger partial charge in [-0.15, -0.1) is 0 Å². The molecule has 2 amide bonds. The molecule has 0 aliphatic carbocycles. The maximum atomic E-state index is 11.6. The van der Waals surface area contributed by atoms with E-state index in [9.17, 15) is 9.59 Å². The highest BCUT2D eigenvalue weighted by molar-refractivity contribution is 7.99. The van der Waals surface area contributed by atoms with E-state index in [4.69, 9.17) is 0 Å². The molecule has 0 saturated carbocycles. The zero-order chi connectivity index (χ0) is 11.1. The van der Waals surface area contributed by atoms with Crippen molar-refractivity contribution >= 4 is 23.6 Å². The van der Waals surface area contributed by atoms with Gasteiger partial charge >= 0.3 is 0 Å². The van der Waals surface area contributed by atoms with Crippen molar-refractivity contribution in [1.29, 1.82) is 0 Å². The second-order valence-electron chi connectivity index (χ2n) is 3.34. The van der Waals surface area contributed by atoms with Crippen molar-refractivity contribution in [2.24, 2.45) is 0 Å². The van der Waals surface area contributed by atoms with Gasteiger partial charge in [-0.1, -0.05) is 0 Å². The molecule has 0 bridgehead atoms. The van der Waals surface area contributed by atoms with Gasteiger partial charge in [-0.2, -0.15) is 11.8 Å². The minimum atomic E-state index is -0.0778. The number of nitrogens with zero attached hydrogens (tertiary/aromatic N) is 1. The maximum absolute atomic E-state index is 11.6. The van der Waals surface area contributed by atoms with Crippen LogP contribution in [-0.4, -0.2) is 61.4 Å². The van der Waals surface area contributed by atoms with Gasteiger partial charge in [0.2, 0.25) is 11.8 Å². The molecule has 2 N–H and O–H groups in total. The summed E-state index contributed by atoms with van der Waals surface area (Å²) >= 11 is 1.45. The van der Waals surface area contributed by atoms with Gasteiger partial charge in [0.05, 0.1) is 12.3 Å². The molecule has 6 heteroatoms. The molecule has 1 fully saturated rings. The summed E-state index contributed by atoms with van der Waals surface area (Å²) in [6.07, 6.45) is 1.86. The van der Waals surface area contributed by atoms with E-state index < -0.39 is 0 Å². The lowest BCUT2D eigenvalue weighted by Gasteiger charge is -2.27. The molecule has 15 heavy (non-hydrogen) atoms. The average molecular weight is 231 g/mol. The molecule has 1 aliphatic rings. The van der Waals surface area contributed by atoms with E-state index in [2.05, 4.69) is 10.6 Å². The van der Waals surface area contributed by atoms with Gasteiger partial charge in [-0.3, -0.25) is 9.59 Å². The van der Waals surface area contributed by atoms with E-state index in [0.717, 1.165) is 26.2 Å². The van der Waals surface area contributed by atoms with E-state index >= 15 is 0 Å². The van der Waals surface area contributed by atoms with Crippen LogP contribution in [-0.2, 0) is 9.59 Å². The van der Waals surface area contributed by atoms with E-state index in [1.54, 1.807) is 4.90 Å². The fourth-order valence-electron chi connectivity index (χ4n) is 1.38. The number of nitrogens with one attached hydrogen (secondary N) is 2. The molecular weight excluding hydrogens is 214 g/mol. The molecule has 1 saturated heterocycles. The molecule has 0 aromatic rings. The van der Waals surface area contributed by atoms with Crippen molar-refractivity contribution in [3.05, 3.63) is 0 Å². The first kappa shape index (κ1) is 12.3. The number of carbonyl (C=O) groups excluding carboxylic acids is 2. The predicted molar refractivity (Wildman–Crippen MR) is 60.8 cm³/mol. The van der Waals surface area contributed by atoms with Crippen LogP contribution in [0.5, 0.6) is 0 Å². The summed E-state index contributed by atoms with van der Waals surface area (Å²) in [5.74, 6) is 0.339. The largest absolute Gasteiger partial charge is 0.346 e. The summed E-state index contributed by atoms with van der Waals surface area (Å²) in [7, 11) is 0. The lowest BCUT2D eigenvalue weighted by atomic mass is 10.3. The number of carbonyl (C=O) groups is 2. The van der Waals surface area contributed by atoms with Crippen LogP contribution >= 0.6 is 11.8 Å². The molecule has 0 aromatic heterocycles. The molecule has 1 aliphatic heterocycles. The number of thioether (sulfide) groups is 1. The SMILES string of the molecule is CSCC(=O)NCC(=O)N1CCNCC1. The zero-order valence-electron chi connectivity index (χ0n) is 8.91. The molecule has 5 nitrogen and oxygen atoms in total. The van der Waals surface area contributed by atoms with Crippen molar-refractivity contribution in [2.45, 2.75) is 0 Å². The Balaban J connectivity index is 2.19. The Morgan fingerprint density at radius 2 is 2.07 bits per heavy atom. The highest BCUT2D eigenvalue weighted by atomic mass is 32.2. The number of hydrogen-bond donors (Lipinski definition) is 2. The third-order valence-electron chi connectivity index (χ3n) is 2.18. The Hall–Kier alpha value is -0.750. The molecular formula is C9H17N3O2S. The minimum Gasteiger partial charge on any atom is -0.346 e. The first-order valence-electron chi connectivity index (χ1n) is 4.98. The second-order valence-corrected chi connectivity index (χ2v) is 4.21. The lowest BCUT2D eigenvalue weighted by molar-refractivity contribution is -0.132. The van der Waals surface area contributed by atoms with Crippen molar-refractivity contribution in [1.82, 2.24) is 15.5 Å². The van der Waals surface area contributed by atoms with E-state index in [0.29, 0.717) is 5.75 Å². The van der Waals surface area contributed by atoms with Crippen LogP contribution in [0.1, 0.15) is 0 Å². The first-order valence-corrected chi connectivity index (χ1v) is 6.37. The highest BCUT2D eigenvalue weighted by Gasteiger charge is 2.16. The summed E-state index contributed by atoms with van der Waals surface area (Å²) in [6.45, 7) is 3.27. The van der Waals surface area contributed by atoms with Crippen LogP contribution in [0.3, 0.4) is 0 Å². The average Bonchev–Trinajstić information content (AvgIpc) is 2.27. The molecule has 0 radical (unpaired) electrons. The maximum Gasteiger partial charge on any atom is 0.242 e. The molecule has 0 aromatic carbocycles. The smallest absolute Gasteiger partial charge is 0.242 e. The molecule has 0 atom stereocenters. The van der Waals surface area contributed by atoms with E-state index in [1.807, 2.05) is 6.26 Å². The van der Waals surface area contributed by atoms with E-state index in [-0.39, 0.29) is 18.4 Å². The Morgan fingerprint density at radius 3 is 2.67 bits per heavy atom. The van der Waals surface area contributed by atoms with Gasteiger partial charge in [-0.25, -0.2) is 0 Å². The van der Waals surface area contributed by atoms with Crippen LogP contribution in [0, 0.1) is 0 Å². The van der Waals surface area contributed by atoms with Gasteiger partial charge < -0.3 is 15.5 Å². The quantitative estimate of drug-likeness (QED) is 0.644. The fraction of sp³-hybridized carbons (Fsp3) is 0.778. The summed E-state index contributed by atoms with van der Waals surface area (Å²) in [5.41, 5.74) is 0. The van der Waals surface area contributed by atoms with Gasteiger partial charge in [0.1, 0.15) is 0 Å². The van der Waals surface area contributed by atoms with Gasteiger partial charge in [-0.05, 0) is 6.26 Å². The van der Waals surface area contributed by atoms with Crippen LogP contribution < -0.4 is 10.6 Å². The Labute approximate surface area is 94.0 Å². The third-order valence-corrected chi connectivity index (χ3v) is 2.73. The predicted octanol–water partition coefficient (Wildman–Crippen LogP) is -1.10. The van der Waals surface area contributed by atoms with Crippen molar-refractivity contribution in [3.8, 4) is 0 Å². The molecule has 86 valence electrons. The van der Waals surface area contributed by atoms with Crippen LogP contribution in [0.4, 0.5) is 0 Å². The van der Waals surface area contributed by atoms with E-state index in [1.165, 1.54) is 11.8 Å². The summed E-state index contributed by atoms with van der Waals surface area (Å²) in [5, 5.41) is 5.78. The minimum absolute atomic E-state index is 0.00551. The second kappa shape index (κ2) is 6.68. The van der Waals surface area contributed by atoms with Crippen LogP contribution in [0.2, 0.25) is 0 Å². The summed E-state index contributed by atoms with van der Waals surface area (Å²) in [6, 6.07) is 0. The summed E-state index contributed by atoms with van der Waals surface area (Å²) < 4.78 is 0. The van der Waals surface area contributed by atoms with Gasteiger partial charge in [0.15, 0.2) is 0 Å². The molecule has 0 spiro atoms. The first-order chi connectivity index (χ1) is 7.24. The number of piperazine rings is 1. The molecule has 1 rings (SSSR count). The van der Waals surface area contributed by atoms with Crippen molar-refractivity contribution in [3.63, 3.8) is 0 Å². The topological polar surface area (TPSA) is 61.4 Å². The number of rotatable bonds is 4. The van der Waals surface area contributed by atoms with Crippen LogP contribution in [0.25, 0.3) is 0 Å². The highest BCUT2D eigenvalue weighted by Crippen LogP contribution is 1.93. The van der Waals surface area contributed by atoms with Gasteiger partial charge in [0.25, 0.3) is 0 Å². The zero-order valence-corrected chi connectivity index (χ0v) is 9.73. The Bertz CT molecular complexity index is 229. The van der Waals surface area contributed by atoms with Crippen molar-refractivity contribution in [2.75, 3.05) is 44.7 Å². The lowest BCUT2D eigenvalue weighted by Crippen LogP contribution is -2.49. The monoisotopic (exact) mass is 231 g/mol. The Morgan fingerprint density at radius 1 is 1.40 bits per heavy atom. The Kier molecular flexibility index (Phi) is 5.49. The number of amides is 2. The molecule has 0 unspecified atom stereocenters. The molecule has 1 heterocycles. The van der Waals surface area contributed by atoms with Gasteiger partial charge in [0, 0.05) is 26.2 Å². The third kappa shape index (κ3) is 4.53. The number of hydrogen-bond acceptors (Lipinski definition) is 4. The standard InChI is InChI=1S/C9H17N3O2S/c1-15-7-8(13)11-6-9(14)12-4-2-10-3-5-12/h10H,2-7H2,1H3,(H,11,13). The van der Waals surface area contributed by atoms with Crippen molar-refractivity contribution < 1.29 is 9.59 Å². The normalized spacial score (nSPS) is 16.2. The fourth-order valence-corrected chi connectivity index (χ4v) is 1.75. The van der Waals surface area contributed by atoms with Crippen LogP contribution in [0.15, 0.2) is 0 Å².